The highest BCUT2D eigenvalue weighted by molar-refractivity contribution is 6.02. The number of carbonyl (C=O) groups is 1. The van der Waals surface area contributed by atoms with Crippen LogP contribution in [0.15, 0.2) is 39.6 Å². The zero-order chi connectivity index (χ0) is 18.3. The molecule has 4 rings (SSSR count). The molecule has 0 aliphatic heterocycles. The molecule has 0 saturated heterocycles. The van der Waals surface area contributed by atoms with Crippen LogP contribution in [0.25, 0.3) is 28.1 Å². The van der Waals surface area contributed by atoms with Crippen LogP contribution in [0.5, 0.6) is 0 Å². The first-order chi connectivity index (χ1) is 12.5. The number of carbonyl (C=O) groups excluding carboxylic acids is 1. The summed E-state index contributed by atoms with van der Waals surface area (Å²) in [6.45, 7) is 1.40. The average Bonchev–Trinajstić information content (AvgIpc) is 3.13. The molecule has 0 atom stereocenters. The summed E-state index contributed by atoms with van der Waals surface area (Å²) in [7, 11) is 0. The fourth-order valence-corrected chi connectivity index (χ4v) is 3.60. The number of ketones is 1. The van der Waals surface area contributed by atoms with Gasteiger partial charge in [0.25, 0.3) is 0 Å². The Kier molecular flexibility index (Phi) is 4.07. The normalized spacial score (nSPS) is 15.4. The highest BCUT2D eigenvalue weighted by Crippen LogP contribution is 2.27. The van der Waals surface area contributed by atoms with E-state index < -0.39 is 0 Å². The van der Waals surface area contributed by atoms with Crippen LogP contribution in [0.2, 0.25) is 0 Å². The third-order valence-corrected chi connectivity index (χ3v) is 5.06. The number of rotatable bonds is 3. The Morgan fingerprint density at radius 1 is 1.23 bits per heavy atom. The molecule has 1 saturated carbocycles. The Balaban J connectivity index is 1.85. The van der Waals surface area contributed by atoms with Crippen molar-refractivity contribution in [3.05, 3.63) is 51.7 Å². The summed E-state index contributed by atoms with van der Waals surface area (Å²) in [5, 5.41) is 0.751. The summed E-state index contributed by atoms with van der Waals surface area (Å²) in [5.74, 6) is 0.470. The van der Waals surface area contributed by atoms with Crippen molar-refractivity contribution < 1.29 is 9.21 Å². The van der Waals surface area contributed by atoms with E-state index >= 15 is 0 Å². The minimum Gasteiger partial charge on any atom is -0.437 e. The number of nitrogens with two attached hydrogens (primary N) is 1. The second kappa shape index (κ2) is 6.41. The number of hydrogen-bond acceptors (Lipinski definition) is 5. The van der Waals surface area contributed by atoms with E-state index in [1.807, 2.05) is 12.1 Å². The van der Waals surface area contributed by atoms with Gasteiger partial charge in [0, 0.05) is 0 Å². The number of anilines is 1. The maximum absolute atomic E-state index is 12.9. The molecule has 0 amide bonds. The first-order valence-electron chi connectivity index (χ1n) is 8.89. The van der Waals surface area contributed by atoms with E-state index in [9.17, 15) is 9.59 Å². The van der Waals surface area contributed by atoms with Crippen LogP contribution in [0.1, 0.15) is 48.5 Å². The van der Waals surface area contributed by atoms with Crippen molar-refractivity contribution in [1.82, 2.24) is 4.98 Å². The molecule has 2 N–H and O–H groups in total. The molecule has 1 aliphatic carbocycles. The first kappa shape index (κ1) is 16.5. The molecule has 3 aromatic rings. The molecule has 1 aliphatic rings. The van der Waals surface area contributed by atoms with Crippen molar-refractivity contribution in [2.45, 2.75) is 32.6 Å². The number of Topliss-reactive ketones (excluding diaryl/α,β-unsaturated/α-hetero) is 1. The van der Waals surface area contributed by atoms with Gasteiger partial charge in [-0.15, -0.1) is 0 Å². The van der Waals surface area contributed by atoms with Crippen LogP contribution in [0.4, 0.5) is 5.82 Å². The lowest BCUT2D eigenvalue weighted by Gasteiger charge is -2.06. The lowest BCUT2D eigenvalue weighted by Crippen LogP contribution is -2.08. The highest BCUT2D eigenvalue weighted by atomic mass is 16.3. The summed E-state index contributed by atoms with van der Waals surface area (Å²) >= 11 is 0. The maximum atomic E-state index is 12.9. The Morgan fingerprint density at radius 3 is 2.73 bits per heavy atom. The molecule has 0 radical (unpaired) electrons. The first-order valence-corrected chi connectivity index (χ1v) is 8.89. The summed E-state index contributed by atoms with van der Waals surface area (Å²) in [6, 6.07) is 7.01. The van der Waals surface area contributed by atoms with Crippen molar-refractivity contribution >= 4 is 39.7 Å². The lowest BCUT2D eigenvalue weighted by molar-refractivity contribution is 0.101. The minimum absolute atomic E-state index is 0.0728. The molecule has 2 aromatic heterocycles. The average molecular weight is 348 g/mol. The number of fused-ring (bicyclic) bond motifs is 2. The quantitative estimate of drug-likeness (QED) is 0.562. The largest absolute Gasteiger partial charge is 0.437 e. The monoisotopic (exact) mass is 348 g/mol. The van der Waals surface area contributed by atoms with Crippen molar-refractivity contribution in [2.75, 3.05) is 5.73 Å². The van der Waals surface area contributed by atoms with Gasteiger partial charge >= 0.3 is 0 Å². The number of allylic oxidation sites excluding steroid dienone is 1. The third kappa shape index (κ3) is 2.90. The van der Waals surface area contributed by atoms with Crippen LogP contribution in [-0.2, 0) is 0 Å². The Hall–Kier alpha value is -2.95. The third-order valence-electron chi connectivity index (χ3n) is 5.06. The minimum atomic E-state index is -0.232. The van der Waals surface area contributed by atoms with Crippen LogP contribution in [0.3, 0.4) is 0 Å². The molecular weight excluding hydrogens is 328 g/mol. The van der Waals surface area contributed by atoms with Crippen molar-refractivity contribution in [2.24, 2.45) is 5.92 Å². The molecule has 5 nitrogen and oxygen atoms in total. The van der Waals surface area contributed by atoms with Gasteiger partial charge in [-0.25, -0.2) is 0 Å². The van der Waals surface area contributed by atoms with Crippen LogP contribution in [-0.4, -0.2) is 10.8 Å². The van der Waals surface area contributed by atoms with Crippen molar-refractivity contribution in [3.8, 4) is 0 Å². The molecule has 1 aromatic carbocycles. The van der Waals surface area contributed by atoms with Gasteiger partial charge in [-0.05, 0) is 49.4 Å². The number of aromatic nitrogens is 1. The van der Waals surface area contributed by atoms with E-state index in [4.69, 9.17) is 10.2 Å². The number of benzene rings is 1. The molecule has 0 spiro atoms. The van der Waals surface area contributed by atoms with E-state index in [1.165, 1.54) is 38.7 Å². The smallest absolute Gasteiger partial charge is 0.232 e. The summed E-state index contributed by atoms with van der Waals surface area (Å²) in [4.78, 5) is 28.7. The van der Waals surface area contributed by atoms with E-state index in [0.29, 0.717) is 16.9 Å². The van der Waals surface area contributed by atoms with Gasteiger partial charge in [0.2, 0.25) is 11.1 Å². The lowest BCUT2D eigenvalue weighted by atomic mass is 10.0. The van der Waals surface area contributed by atoms with Gasteiger partial charge in [0.1, 0.15) is 11.4 Å². The highest BCUT2D eigenvalue weighted by Gasteiger charge is 2.15. The number of nitrogen functional groups attached to an aromatic ring is 1. The van der Waals surface area contributed by atoms with Crippen molar-refractivity contribution in [3.63, 3.8) is 0 Å². The van der Waals surface area contributed by atoms with E-state index in [2.05, 4.69) is 17.1 Å². The summed E-state index contributed by atoms with van der Waals surface area (Å²) < 4.78 is 5.75. The standard InChI is InChI=1S/C21H20N2O3/c1-12(24)15-11-17-19(25)16-10-14(7-6-13-4-2-3-5-13)8-9-18(16)26-21(17)23-20(15)22/h6-11,13H,2-5H2,1H3,(H2,22,23)/b7-6+. The Labute approximate surface area is 150 Å². The Morgan fingerprint density at radius 2 is 2.00 bits per heavy atom. The summed E-state index contributed by atoms with van der Waals surface area (Å²) in [6.07, 6.45) is 9.34. The zero-order valence-corrected chi connectivity index (χ0v) is 14.6. The van der Waals surface area contributed by atoms with Crippen molar-refractivity contribution in [1.29, 1.82) is 0 Å². The second-order valence-electron chi connectivity index (χ2n) is 6.92. The van der Waals surface area contributed by atoms with Gasteiger partial charge in [0.15, 0.2) is 5.78 Å². The van der Waals surface area contributed by atoms with Gasteiger partial charge in [0.05, 0.1) is 16.3 Å². The van der Waals surface area contributed by atoms with E-state index in [0.717, 1.165) is 5.56 Å². The fourth-order valence-electron chi connectivity index (χ4n) is 3.60. The maximum Gasteiger partial charge on any atom is 0.232 e. The van der Waals surface area contributed by atoms with Crippen LogP contribution in [0, 0.1) is 5.92 Å². The SMILES string of the molecule is CC(=O)c1cc2c(=O)c3cc(/C=C/C4CCCC4)ccc3oc2nc1N. The zero-order valence-electron chi connectivity index (χ0n) is 14.6. The molecule has 0 unspecified atom stereocenters. The van der Waals surface area contributed by atoms with Crippen LogP contribution >= 0.6 is 0 Å². The van der Waals surface area contributed by atoms with Gasteiger partial charge in [-0.3, -0.25) is 9.59 Å². The van der Waals surface area contributed by atoms with Crippen LogP contribution < -0.4 is 11.2 Å². The molecule has 5 heteroatoms. The fraction of sp³-hybridized carbons (Fsp3) is 0.286. The number of nitrogens with zero attached hydrogens (tertiary/aromatic N) is 1. The predicted octanol–water partition coefficient (Wildman–Crippen LogP) is 4.33. The molecule has 0 bridgehead atoms. The Bertz CT molecular complexity index is 1110. The van der Waals surface area contributed by atoms with Gasteiger partial charge in [-0.1, -0.05) is 31.1 Å². The topological polar surface area (TPSA) is 86.2 Å². The van der Waals surface area contributed by atoms with Gasteiger partial charge in [-0.2, -0.15) is 4.98 Å². The molecular formula is C21H20N2O3. The van der Waals surface area contributed by atoms with E-state index in [1.54, 1.807) is 6.07 Å². The predicted molar refractivity (Wildman–Crippen MR) is 103 cm³/mol. The number of pyridine rings is 1. The second-order valence-corrected chi connectivity index (χ2v) is 6.92. The van der Waals surface area contributed by atoms with Gasteiger partial charge < -0.3 is 10.2 Å². The molecule has 2 heterocycles. The van der Waals surface area contributed by atoms with E-state index in [-0.39, 0.29) is 33.7 Å². The summed E-state index contributed by atoms with van der Waals surface area (Å²) in [5.41, 5.74) is 7.42. The molecule has 132 valence electrons. The molecule has 1 fully saturated rings. The number of hydrogen-bond donors (Lipinski definition) is 1. The molecule has 26 heavy (non-hydrogen) atoms.